The molecule has 0 aliphatic carbocycles. The Labute approximate surface area is 123 Å². The highest BCUT2D eigenvalue weighted by Crippen LogP contribution is 2.17. The average Bonchev–Trinajstić information content (AvgIpc) is 2.37. The van der Waals surface area contributed by atoms with Crippen molar-refractivity contribution in [3.05, 3.63) is 63.9 Å². The van der Waals surface area contributed by atoms with Gasteiger partial charge in [-0.1, -0.05) is 28.1 Å². The number of ketones is 1. The molecule has 0 aliphatic rings. The zero-order valence-corrected chi connectivity index (χ0v) is 12.2. The Bertz CT molecular complexity index is 665. The van der Waals surface area contributed by atoms with Crippen LogP contribution in [0.5, 0.6) is 0 Å². The van der Waals surface area contributed by atoms with Crippen molar-refractivity contribution < 1.29 is 14.0 Å². The number of anilines is 1. The topological polar surface area (TPSA) is 46.2 Å². The SMILES string of the molecule is CC(=O)c1cccc(NC(=O)c2cc(F)cc(Br)c2)c1. The molecule has 0 aromatic heterocycles. The summed E-state index contributed by atoms with van der Waals surface area (Å²) >= 11 is 3.13. The normalized spacial score (nSPS) is 10.2. The molecule has 0 aliphatic heterocycles. The van der Waals surface area contributed by atoms with E-state index in [2.05, 4.69) is 21.2 Å². The minimum Gasteiger partial charge on any atom is -0.322 e. The van der Waals surface area contributed by atoms with Crippen LogP contribution in [-0.2, 0) is 0 Å². The molecule has 1 N–H and O–H groups in total. The standard InChI is InChI=1S/C15H11BrFNO2/c1-9(19)10-3-2-4-14(7-10)18-15(20)11-5-12(16)8-13(17)6-11/h2-8H,1H3,(H,18,20). The molecule has 0 radical (unpaired) electrons. The third-order valence-corrected chi connectivity index (χ3v) is 3.11. The zero-order valence-electron chi connectivity index (χ0n) is 10.6. The minimum absolute atomic E-state index is 0.0883. The lowest BCUT2D eigenvalue weighted by Gasteiger charge is -2.07. The highest BCUT2D eigenvalue weighted by Gasteiger charge is 2.09. The first kappa shape index (κ1) is 14.4. The van der Waals surface area contributed by atoms with Crippen LogP contribution < -0.4 is 5.32 Å². The molecule has 0 atom stereocenters. The van der Waals surface area contributed by atoms with Gasteiger partial charge in [-0.15, -0.1) is 0 Å². The fraction of sp³-hybridized carbons (Fsp3) is 0.0667. The average molecular weight is 336 g/mol. The van der Waals surface area contributed by atoms with Crippen molar-refractivity contribution in [2.24, 2.45) is 0 Å². The summed E-state index contributed by atoms with van der Waals surface area (Å²) in [5.74, 6) is -1.03. The van der Waals surface area contributed by atoms with Crippen molar-refractivity contribution in [3.63, 3.8) is 0 Å². The Morgan fingerprint density at radius 3 is 2.50 bits per heavy atom. The third kappa shape index (κ3) is 3.51. The van der Waals surface area contributed by atoms with Crippen LogP contribution in [0.1, 0.15) is 27.6 Å². The van der Waals surface area contributed by atoms with Crippen LogP contribution >= 0.6 is 15.9 Å². The first-order chi connectivity index (χ1) is 9.45. The van der Waals surface area contributed by atoms with Crippen molar-refractivity contribution in [3.8, 4) is 0 Å². The molecule has 0 saturated heterocycles. The van der Waals surface area contributed by atoms with Gasteiger partial charge >= 0.3 is 0 Å². The number of hydrogen-bond acceptors (Lipinski definition) is 2. The van der Waals surface area contributed by atoms with Crippen LogP contribution in [0.3, 0.4) is 0 Å². The molecule has 3 nitrogen and oxygen atoms in total. The van der Waals surface area contributed by atoms with Gasteiger partial charge in [0.1, 0.15) is 5.82 Å². The van der Waals surface area contributed by atoms with Crippen molar-refractivity contribution in [2.75, 3.05) is 5.32 Å². The van der Waals surface area contributed by atoms with Gasteiger partial charge in [0.25, 0.3) is 5.91 Å². The van der Waals surface area contributed by atoms with Crippen LogP contribution in [0.25, 0.3) is 0 Å². The molecule has 0 bridgehead atoms. The predicted octanol–water partition coefficient (Wildman–Crippen LogP) is 4.04. The lowest BCUT2D eigenvalue weighted by atomic mass is 10.1. The first-order valence-electron chi connectivity index (χ1n) is 5.84. The molecule has 0 spiro atoms. The number of nitrogens with one attached hydrogen (secondary N) is 1. The van der Waals surface area contributed by atoms with E-state index in [4.69, 9.17) is 0 Å². The fourth-order valence-corrected chi connectivity index (χ4v) is 2.17. The van der Waals surface area contributed by atoms with Gasteiger partial charge in [-0.2, -0.15) is 0 Å². The maximum absolute atomic E-state index is 13.2. The second-order valence-electron chi connectivity index (χ2n) is 4.25. The number of benzene rings is 2. The zero-order chi connectivity index (χ0) is 14.7. The largest absolute Gasteiger partial charge is 0.322 e. The number of amides is 1. The lowest BCUT2D eigenvalue weighted by molar-refractivity contribution is 0.101. The number of Topliss-reactive ketones (excluding diaryl/α,β-unsaturated/α-hetero) is 1. The molecule has 2 aromatic rings. The van der Waals surface area contributed by atoms with E-state index < -0.39 is 11.7 Å². The summed E-state index contributed by atoms with van der Waals surface area (Å²) in [6.07, 6.45) is 0. The highest BCUT2D eigenvalue weighted by atomic mass is 79.9. The van der Waals surface area contributed by atoms with Gasteiger partial charge in [-0.25, -0.2) is 4.39 Å². The summed E-state index contributed by atoms with van der Waals surface area (Å²) in [6, 6.07) is 10.5. The molecule has 102 valence electrons. The minimum atomic E-state index is -0.498. The maximum Gasteiger partial charge on any atom is 0.255 e. The van der Waals surface area contributed by atoms with Gasteiger partial charge in [0, 0.05) is 21.3 Å². The van der Waals surface area contributed by atoms with Crippen LogP contribution in [0, 0.1) is 5.82 Å². The Hall–Kier alpha value is -2.01. The summed E-state index contributed by atoms with van der Waals surface area (Å²) in [4.78, 5) is 23.3. The molecule has 2 rings (SSSR count). The van der Waals surface area contributed by atoms with E-state index in [0.717, 1.165) is 6.07 Å². The van der Waals surface area contributed by atoms with Gasteiger partial charge < -0.3 is 5.32 Å². The summed E-state index contributed by atoms with van der Waals surface area (Å²) in [7, 11) is 0. The number of halogens is 2. The molecule has 5 heteroatoms. The first-order valence-corrected chi connectivity index (χ1v) is 6.63. The van der Waals surface area contributed by atoms with Gasteiger partial charge in [-0.3, -0.25) is 9.59 Å². The van der Waals surface area contributed by atoms with E-state index in [-0.39, 0.29) is 11.3 Å². The predicted molar refractivity (Wildman–Crippen MR) is 78.5 cm³/mol. The van der Waals surface area contributed by atoms with Gasteiger partial charge in [0.05, 0.1) is 0 Å². The summed E-state index contributed by atoms with van der Waals surface area (Å²) in [5, 5.41) is 2.63. The van der Waals surface area contributed by atoms with Gasteiger partial charge in [-0.05, 0) is 37.3 Å². The van der Waals surface area contributed by atoms with E-state index in [9.17, 15) is 14.0 Å². The molecule has 2 aromatic carbocycles. The third-order valence-electron chi connectivity index (χ3n) is 2.65. The highest BCUT2D eigenvalue weighted by molar-refractivity contribution is 9.10. The second-order valence-corrected chi connectivity index (χ2v) is 5.16. The van der Waals surface area contributed by atoms with E-state index in [1.807, 2.05) is 0 Å². The second kappa shape index (κ2) is 5.96. The van der Waals surface area contributed by atoms with Crippen LogP contribution in [0.2, 0.25) is 0 Å². The van der Waals surface area contributed by atoms with Crippen molar-refractivity contribution in [1.82, 2.24) is 0 Å². The molecule has 0 fully saturated rings. The van der Waals surface area contributed by atoms with Gasteiger partial charge in [0.2, 0.25) is 0 Å². The van der Waals surface area contributed by atoms with E-state index in [1.165, 1.54) is 19.1 Å². The monoisotopic (exact) mass is 335 g/mol. The number of carbonyl (C=O) groups excluding carboxylic acids is 2. The summed E-state index contributed by atoms with van der Waals surface area (Å²) in [6.45, 7) is 1.45. The van der Waals surface area contributed by atoms with Crippen molar-refractivity contribution >= 4 is 33.3 Å². The molecule has 20 heavy (non-hydrogen) atoms. The Balaban J connectivity index is 2.23. The molecular weight excluding hydrogens is 325 g/mol. The lowest BCUT2D eigenvalue weighted by Crippen LogP contribution is -2.12. The maximum atomic E-state index is 13.2. The molecule has 0 saturated carbocycles. The van der Waals surface area contributed by atoms with E-state index in [1.54, 1.807) is 24.3 Å². The van der Waals surface area contributed by atoms with Crippen molar-refractivity contribution in [1.29, 1.82) is 0 Å². The summed E-state index contributed by atoms with van der Waals surface area (Å²) < 4.78 is 13.7. The van der Waals surface area contributed by atoms with Crippen molar-refractivity contribution in [2.45, 2.75) is 6.92 Å². The number of hydrogen-bond donors (Lipinski definition) is 1. The Kier molecular flexibility index (Phi) is 4.29. The van der Waals surface area contributed by atoms with E-state index in [0.29, 0.717) is 15.7 Å². The molecule has 0 unspecified atom stereocenters. The van der Waals surface area contributed by atoms with Crippen LogP contribution in [0.15, 0.2) is 46.9 Å². The molecule has 1 amide bonds. The smallest absolute Gasteiger partial charge is 0.255 e. The fourth-order valence-electron chi connectivity index (χ4n) is 1.70. The summed E-state index contributed by atoms with van der Waals surface area (Å²) in [5.41, 5.74) is 1.19. The number of rotatable bonds is 3. The van der Waals surface area contributed by atoms with E-state index >= 15 is 0 Å². The molecule has 0 heterocycles. The Morgan fingerprint density at radius 2 is 1.85 bits per heavy atom. The molecular formula is C15H11BrFNO2. The quantitative estimate of drug-likeness (QED) is 0.860. The number of carbonyl (C=O) groups is 2. The van der Waals surface area contributed by atoms with Crippen LogP contribution in [0.4, 0.5) is 10.1 Å². The Morgan fingerprint density at radius 1 is 1.10 bits per heavy atom. The van der Waals surface area contributed by atoms with Gasteiger partial charge in [0.15, 0.2) is 5.78 Å². The van der Waals surface area contributed by atoms with Crippen LogP contribution in [-0.4, -0.2) is 11.7 Å².